The molecule has 1 aliphatic heterocycles. The summed E-state index contributed by atoms with van der Waals surface area (Å²) in [5, 5.41) is 16.2. The van der Waals surface area contributed by atoms with Crippen LogP contribution in [0.5, 0.6) is 0 Å². The van der Waals surface area contributed by atoms with E-state index in [2.05, 4.69) is 28.7 Å². The number of nitrogens with zero attached hydrogens (tertiary/aromatic N) is 4. The Morgan fingerprint density at radius 1 is 1.65 bits per heavy atom. The van der Waals surface area contributed by atoms with Crippen molar-refractivity contribution in [3.8, 4) is 0 Å². The molecular formula is C11H16N4O2. The van der Waals surface area contributed by atoms with E-state index in [1.807, 2.05) is 0 Å². The highest BCUT2D eigenvalue weighted by atomic mass is 16.4. The van der Waals surface area contributed by atoms with Crippen LogP contribution in [0.15, 0.2) is 18.3 Å². The van der Waals surface area contributed by atoms with Crippen molar-refractivity contribution in [3.63, 3.8) is 0 Å². The number of carbonyl (C=O) groups is 1. The van der Waals surface area contributed by atoms with E-state index < -0.39 is 5.97 Å². The summed E-state index contributed by atoms with van der Waals surface area (Å²) in [5.41, 5.74) is 1.22. The van der Waals surface area contributed by atoms with Crippen LogP contribution in [-0.4, -0.2) is 50.6 Å². The van der Waals surface area contributed by atoms with Gasteiger partial charge in [0, 0.05) is 19.6 Å². The fourth-order valence-corrected chi connectivity index (χ4v) is 1.82. The van der Waals surface area contributed by atoms with Gasteiger partial charge in [0.25, 0.3) is 0 Å². The third-order valence-electron chi connectivity index (χ3n) is 2.99. The molecule has 17 heavy (non-hydrogen) atoms. The molecule has 0 amide bonds. The monoisotopic (exact) mass is 236 g/mol. The number of hydrogen-bond donors (Lipinski definition) is 1. The summed E-state index contributed by atoms with van der Waals surface area (Å²) in [5.74, 6) is -1.04. The van der Waals surface area contributed by atoms with Crippen molar-refractivity contribution in [3.05, 3.63) is 24.0 Å². The lowest BCUT2D eigenvalue weighted by Crippen LogP contribution is -2.48. The van der Waals surface area contributed by atoms with Gasteiger partial charge in [0.05, 0.1) is 12.2 Å². The van der Waals surface area contributed by atoms with Gasteiger partial charge in [-0.15, -0.1) is 5.10 Å². The number of hydrogen-bond acceptors (Lipinski definition) is 4. The summed E-state index contributed by atoms with van der Waals surface area (Å²) in [4.78, 5) is 12.9. The van der Waals surface area contributed by atoms with Crippen molar-refractivity contribution in [1.29, 1.82) is 0 Å². The molecule has 2 heterocycles. The number of carboxylic acids is 1. The lowest BCUT2D eigenvalue weighted by molar-refractivity contribution is 0.0690. The van der Waals surface area contributed by atoms with Crippen LogP contribution < -0.4 is 0 Å². The van der Waals surface area contributed by atoms with E-state index >= 15 is 0 Å². The van der Waals surface area contributed by atoms with E-state index in [4.69, 9.17) is 5.11 Å². The number of likely N-dealkylation sites (tertiary alicyclic amines) is 1. The molecule has 1 aliphatic rings. The van der Waals surface area contributed by atoms with Crippen molar-refractivity contribution in [2.45, 2.75) is 19.4 Å². The third-order valence-corrected chi connectivity index (χ3v) is 2.99. The molecular weight excluding hydrogens is 220 g/mol. The van der Waals surface area contributed by atoms with Crippen molar-refractivity contribution in [2.75, 3.05) is 19.6 Å². The molecule has 0 aliphatic carbocycles. The van der Waals surface area contributed by atoms with Crippen molar-refractivity contribution in [1.82, 2.24) is 19.9 Å². The van der Waals surface area contributed by atoms with Crippen LogP contribution in [0.25, 0.3) is 0 Å². The van der Waals surface area contributed by atoms with Crippen LogP contribution in [0, 0.1) is 0 Å². The van der Waals surface area contributed by atoms with Crippen LogP contribution in [0.1, 0.15) is 29.9 Å². The number of aromatic nitrogens is 3. The van der Waals surface area contributed by atoms with Crippen LogP contribution in [-0.2, 0) is 0 Å². The summed E-state index contributed by atoms with van der Waals surface area (Å²) in [6, 6.07) is 0.236. The molecule has 0 saturated carbocycles. The molecule has 0 bridgehead atoms. The van der Waals surface area contributed by atoms with Gasteiger partial charge in [0.1, 0.15) is 0 Å². The predicted molar refractivity (Wildman–Crippen MR) is 61.9 cm³/mol. The molecule has 6 heteroatoms. The first kappa shape index (κ1) is 11.8. The minimum atomic E-state index is -1.04. The maximum atomic E-state index is 10.7. The quantitative estimate of drug-likeness (QED) is 0.766. The van der Waals surface area contributed by atoms with Gasteiger partial charge in [-0.25, -0.2) is 9.48 Å². The first-order valence-corrected chi connectivity index (χ1v) is 5.64. The zero-order valence-electron chi connectivity index (χ0n) is 9.83. The van der Waals surface area contributed by atoms with Crippen molar-refractivity contribution >= 4 is 5.97 Å². The van der Waals surface area contributed by atoms with Crippen LogP contribution in [0.4, 0.5) is 0 Å². The van der Waals surface area contributed by atoms with Crippen LogP contribution >= 0.6 is 0 Å². The molecule has 1 N–H and O–H groups in total. The zero-order valence-corrected chi connectivity index (χ0v) is 9.83. The zero-order chi connectivity index (χ0) is 12.4. The maximum absolute atomic E-state index is 10.7. The molecule has 6 nitrogen and oxygen atoms in total. The van der Waals surface area contributed by atoms with Crippen LogP contribution in [0.2, 0.25) is 0 Å². The summed E-state index contributed by atoms with van der Waals surface area (Å²) >= 11 is 0. The summed E-state index contributed by atoms with van der Waals surface area (Å²) in [6.07, 6.45) is 2.48. The second-order valence-electron chi connectivity index (χ2n) is 4.34. The molecule has 0 atom stereocenters. The lowest BCUT2D eigenvalue weighted by Gasteiger charge is -2.39. The molecule has 0 radical (unpaired) electrons. The highest BCUT2D eigenvalue weighted by molar-refractivity contribution is 5.84. The fraction of sp³-hybridized carbons (Fsp3) is 0.545. The Hall–Kier alpha value is -1.69. The molecule has 1 aromatic heterocycles. The minimum absolute atomic E-state index is 0.00131. The topological polar surface area (TPSA) is 71.2 Å². The van der Waals surface area contributed by atoms with Gasteiger partial charge < -0.3 is 5.11 Å². The second-order valence-corrected chi connectivity index (χ2v) is 4.34. The van der Waals surface area contributed by atoms with Gasteiger partial charge in [0.15, 0.2) is 5.69 Å². The Morgan fingerprint density at radius 3 is 2.88 bits per heavy atom. The van der Waals surface area contributed by atoms with Gasteiger partial charge >= 0.3 is 5.97 Å². The van der Waals surface area contributed by atoms with E-state index in [-0.39, 0.29) is 11.7 Å². The Balaban J connectivity index is 1.86. The van der Waals surface area contributed by atoms with E-state index in [0.717, 1.165) is 26.1 Å². The molecule has 2 rings (SSSR count). The SMILES string of the molecule is C=C(CC)CN1CC(n2cc(C(=O)O)nn2)C1. The largest absolute Gasteiger partial charge is 0.476 e. The predicted octanol–water partition coefficient (Wildman–Crippen LogP) is 0.799. The first-order valence-electron chi connectivity index (χ1n) is 5.64. The van der Waals surface area contributed by atoms with Gasteiger partial charge in [-0.1, -0.05) is 24.3 Å². The molecule has 1 aromatic rings. The Kier molecular flexibility index (Phi) is 3.23. The second kappa shape index (κ2) is 4.67. The normalized spacial score (nSPS) is 16.8. The molecule has 1 fully saturated rings. The van der Waals surface area contributed by atoms with Gasteiger partial charge in [0.2, 0.25) is 0 Å². The standard InChI is InChI=1S/C11H16N4O2/c1-3-8(2)4-14-5-9(6-14)15-7-10(11(16)17)12-13-15/h7,9H,2-6H2,1H3,(H,16,17). The number of carboxylic acid groups (broad SMARTS) is 1. The van der Waals surface area contributed by atoms with E-state index in [1.54, 1.807) is 4.68 Å². The highest BCUT2D eigenvalue weighted by Gasteiger charge is 2.29. The van der Waals surface area contributed by atoms with Gasteiger partial charge in [-0.05, 0) is 6.42 Å². The van der Waals surface area contributed by atoms with E-state index in [0.29, 0.717) is 0 Å². The number of rotatable bonds is 5. The molecule has 0 aromatic carbocycles. The molecule has 1 saturated heterocycles. The molecule has 0 unspecified atom stereocenters. The van der Waals surface area contributed by atoms with Crippen molar-refractivity contribution < 1.29 is 9.90 Å². The average Bonchev–Trinajstić information content (AvgIpc) is 2.71. The first-order chi connectivity index (χ1) is 8.10. The Morgan fingerprint density at radius 2 is 2.35 bits per heavy atom. The van der Waals surface area contributed by atoms with Crippen molar-refractivity contribution in [2.24, 2.45) is 0 Å². The van der Waals surface area contributed by atoms with E-state index in [9.17, 15) is 4.79 Å². The Bertz CT molecular complexity index is 434. The smallest absolute Gasteiger partial charge is 0.358 e. The summed E-state index contributed by atoms with van der Waals surface area (Å²) < 4.78 is 1.63. The lowest BCUT2D eigenvalue weighted by atomic mass is 10.1. The average molecular weight is 236 g/mol. The Labute approximate surface area is 99.5 Å². The fourth-order valence-electron chi connectivity index (χ4n) is 1.82. The molecule has 0 spiro atoms. The van der Waals surface area contributed by atoms with Gasteiger partial charge in [-0.3, -0.25) is 4.90 Å². The van der Waals surface area contributed by atoms with E-state index in [1.165, 1.54) is 11.8 Å². The maximum Gasteiger partial charge on any atom is 0.358 e. The molecule has 92 valence electrons. The third kappa shape index (κ3) is 2.52. The van der Waals surface area contributed by atoms with Crippen LogP contribution in [0.3, 0.4) is 0 Å². The number of aromatic carboxylic acids is 1. The summed E-state index contributed by atoms with van der Waals surface area (Å²) in [7, 11) is 0. The summed E-state index contributed by atoms with van der Waals surface area (Å²) in [6.45, 7) is 8.72. The highest BCUT2D eigenvalue weighted by Crippen LogP contribution is 2.21. The van der Waals surface area contributed by atoms with Gasteiger partial charge in [-0.2, -0.15) is 0 Å². The minimum Gasteiger partial charge on any atom is -0.476 e.